The standard InChI is InChI=1S/C36H42N2O/c1-7-18-38-36(28(6)24-37-23-25(2)3)32-15-11-26(4)30(21-32)14-13-29-9-8-10-31(20-29)34(17-19-39)35-22-33(36)16-12-27(35)5/h8-12,15-17,19-25,38H,7,13-14,18H2,1-6H3/b28-24+,34-17-,37-23?. The van der Waals surface area contributed by atoms with Crippen LogP contribution in [0.5, 0.6) is 0 Å². The molecule has 0 aromatic heterocycles. The SMILES string of the molecule is CCCNC1(/C(C)=C/N=CC(C)C)c2ccc(C)c(c2)CCc2cccc(c2)/C(=C/C=O)c2cc1ccc2C. The first-order valence-corrected chi connectivity index (χ1v) is 14.2. The molecule has 3 nitrogen and oxygen atoms in total. The van der Waals surface area contributed by atoms with Gasteiger partial charge in [0.15, 0.2) is 0 Å². The smallest absolute Gasteiger partial charge is 0.143 e. The third-order valence-electron chi connectivity index (χ3n) is 7.78. The molecule has 1 aliphatic rings. The fraction of sp³-hybridized carbons (Fsp3) is 0.333. The van der Waals surface area contributed by atoms with Gasteiger partial charge in [-0.05, 0) is 120 Å². The molecule has 3 aromatic rings. The summed E-state index contributed by atoms with van der Waals surface area (Å²) in [7, 11) is 0. The first kappa shape index (κ1) is 28.4. The summed E-state index contributed by atoms with van der Waals surface area (Å²) in [6.07, 6.45) is 9.53. The summed E-state index contributed by atoms with van der Waals surface area (Å²) in [5, 5.41) is 3.97. The molecule has 4 rings (SSSR count). The number of nitrogens with one attached hydrogen (secondary N) is 1. The van der Waals surface area contributed by atoms with Gasteiger partial charge in [-0.15, -0.1) is 0 Å². The average molecular weight is 519 g/mol. The Morgan fingerprint density at radius 2 is 1.74 bits per heavy atom. The van der Waals surface area contributed by atoms with Crippen molar-refractivity contribution in [2.45, 2.75) is 66.3 Å². The van der Waals surface area contributed by atoms with Crippen LogP contribution in [0.1, 0.15) is 78.6 Å². The van der Waals surface area contributed by atoms with Gasteiger partial charge in [0.2, 0.25) is 0 Å². The second-order valence-electron chi connectivity index (χ2n) is 11.1. The minimum Gasteiger partial charge on any atom is -0.300 e. The lowest BCUT2D eigenvalue weighted by atomic mass is 9.75. The van der Waals surface area contributed by atoms with Crippen LogP contribution >= 0.6 is 0 Å². The lowest BCUT2D eigenvalue weighted by Crippen LogP contribution is -2.45. The van der Waals surface area contributed by atoms with E-state index in [0.29, 0.717) is 5.92 Å². The van der Waals surface area contributed by atoms with E-state index < -0.39 is 5.54 Å². The highest BCUT2D eigenvalue weighted by atomic mass is 16.1. The number of nitrogens with zero attached hydrogens (tertiary/aromatic N) is 1. The third-order valence-corrected chi connectivity index (χ3v) is 7.78. The maximum absolute atomic E-state index is 11.9. The fourth-order valence-electron chi connectivity index (χ4n) is 5.60. The minimum atomic E-state index is -0.575. The molecule has 1 unspecified atom stereocenters. The molecular weight excluding hydrogens is 476 g/mol. The van der Waals surface area contributed by atoms with Crippen molar-refractivity contribution in [3.63, 3.8) is 0 Å². The number of rotatable bonds is 7. The number of aliphatic imine (C=N–C) groups is 1. The highest BCUT2D eigenvalue weighted by molar-refractivity contribution is 5.91. The van der Waals surface area contributed by atoms with Crippen molar-refractivity contribution in [2.75, 3.05) is 6.54 Å². The van der Waals surface area contributed by atoms with E-state index in [1.54, 1.807) is 6.08 Å². The second-order valence-corrected chi connectivity index (χ2v) is 11.1. The first-order valence-electron chi connectivity index (χ1n) is 14.2. The Morgan fingerprint density at radius 1 is 1.00 bits per heavy atom. The minimum absolute atomic E-state index is 0.372. The lowest BCUT2D eigenvalue weighted by Gasteiger charge is -2.38. The van der Waals surface area contributed by atoms with E-state index in [9.17, 15) is 4.79 Å². The Balaban J connectivity index is 2.11. The second kappa shape index (κ2) is 12.5. The molecule has 0 saturated heterocycles. The van der Waals surface area contributed by atoms with Crippen molar-refractivity contribution < 1.29 is 4.79 Å². The molecule has 1 aliphatic carbocycles. The number of hydrogen-bond acceptors (Lipinski definition) is 3. The van der Waals surface area contributed by atoms with Crippen LogP contribution < -0.4 is 5.32 Å². The van der Waals surface area contributed by atoms with Crippen LogP contribution in [0.2, 0.25) is 0 Å². The van der Waals surface area contributed by atoms with Gasteiger partial charge in [-0.3, -0.25) is 9.79 Å². The topological polar surface area (TPSA) is 41.5 Å². The molecule has 1 atom stereocenters. The number of aryl methyl sites for hydroxylation is 4. The molecule has 0 spiro atoms. The van der Waals surface area contributed by atoms with Gasteiger partial charge < -0.3 is 5.32 Å². The maximum Gasteiger partial charge on any atom is 0.143 e. The number of aldehydes is 1. The van der Waals surface area contributed by atoms with Crippen LogP contribution in [0, 0.1) is 19.8 Å². The molecule has 0 saturated carbocycles. The van der Waals surface area contributed by atoms with Crippen LogP contribution in [-0.2, 0) is 23.2 Å². The fourth-order valence-corrected chi connectivity index (χ4v) is 5.60. The van der Waals surface area contributed by atoms with E-state index in [1.165, 1.54) is 22.3 Å². The maximum atomic E-state index is 11.9. The zero-order valence-electron chi connectivity index (χ0n) is 24.3. The highest BCUT2D eigenvalue weighted by Crippen LogP contribution is 2.40. The van der Waals surface area contributed by atoms with Crippen molar-refractivity contribution in [2.24, 2.45) is 10.9 Å². The molecule has 3 aromatic carbocycles. The van der Waals surface area contributed by atoms with Crippen molar-refractivity contribution in [1.82, 2.24) is 5.32 Å². The molecule has 0 aliphatic heterocycles. The van der Waals surface area contributed by atoms with E-state index in [4.69, 9.17) is 4.99 Å². The summed E-state index contributed by atoms with van der Waals surface area (Å²) in [5.41, 5.74) is 11.1. The molecule has 0 amide bonds. The number of carbonyl (C=O) groups is 1. The van der Waals surface area contributed by atoms with E-state index in [1.807, 2.05) is 12.4 Å². The van der Waals surface area contributed by atoms with Gasteiger partial charge in [0, 0.05) is 12.4 Å². The number of hydrogen-bond donors (Lipinski definition) is 1. The summed E-state index contributed by atoms with van der Waals surface area (Å²) in [4.78, 5) is 16.6. The molecule has 0 radical (unpaired) electrons. The zero-order chi connectivity index (χ0) is 28.0. The van der Waals surface area contributed by atoms with Crippen LogP contribution in [0.25, 0.3) is 5.57 Å². The monoisotopic (exact) mass is 518 g/mol. The molecule has 3 heteroatoms. The Labute approximate surface area is 234 Å². The van der Waals surface area contributed by atoms with Crippen molar-refractivity contribution in [1.29, 1.82) is 0 Å². The van der Waals surface area contributed by atoms with Crippen LogP contribution in [0.3, 0.4) is 0 Å². The molecule has 202 valence electrons. The molecule has 39 heavy (non-hydrogen) atoms. The van der Waals surface area contributed by atoms with E-state index >= 15 is 0 Å². The van der Waals surface area contributed by atoms with Gasteiger partial charge in [0.25, 0.3) is 0 Å². The lowest BCUT2D eigenvalue weighted by molar-refractivity contribution is -0.104. The van der Waals surface area contributed by atoms with Crippen LogP contribution in [-0.4, -0.2) is 19.0 Å². The summed E-state index contributed by atoms with van der Waals surface area (Å²) >= 11 is 0. The average Bonchev–Trinajstić information content (AvgIpc) is 2.92. The third kappa shape index (κ3) is 6.04. The Morgan fingerprint density at radius 3 is 2.46 bits per heavy atom. The van der Waals surface area contributed by atoms with Crippen molar-refractivity contribution in [3.05, 3.63) is 123 Å². The Hall–Kier alpha value is -3.56. The van der Waals surface area contributed by atoms with Gasteiger partial charge >= 0.3 is 0 Å². The predicted molar refractivity (Wildman–Crippen MR) is 166 cm³/mol. The summed E-state index contributed by atoms with van der Waals surface area (Å²) in [6.45, 7) is 13.9. The molecule has 1 N–H and O–H groups in total. The predicted octanol–water partition coefficient (Wildman–Crippen LogP) is 7.91. The number of fused-ring (bicyclic) bond motifs is 6. The van der Waals surface area contributed by atoms with E-state index in [2.05, 4.69) is 108 Å². The quantitative estimate of drug-likeness (QED) is 0.196. The first-order chi connectivity index (χ1) is 18.8. The van der Waals surface area contributed by atoms with Gasteiger partial charge in [-0.1, -0.05) is 75.4 Å². The van der Waals surface area contributed by atoms with Crippen molar-refractivity contribution >= 4 is 18.1 Å². The number of allylic oxidation sites excluding steroid dienone is 1. The normalized spacial score (nSPS) is 18.6. The molecule has 0 fully saturated rings. The van der Waals surface area contributed by atoms with Gasteiger partial charge in [0.1, 0.15) is 6.29 Å². The van der Waals surface area contributed by atoms with Crippen LogP contribution in [0.4, 0.5) is 0 Å². The van der Waals surface area contributed by atoms with E-state index in [-0.39, 0.29) is 0 Å². The zero-order valence-corrected chi connectivity index (χ0v) is 24.3. The molecule has 6 bridgehead atoms. The Kier molecular flexibility index (Phi) is 9.14. The number of benzene rings is 3. The van der Waals surface area contributed by atoms with Gasteiger partial charge in [0.05, 0.1) is 5.54 Å². The molecule has 0 heterocycles. The summed E-state index contributed by atoms with van der Waals surface area (Å²) in [6, 6.07) is 22.3. The van der Waals surface area contributed by atoms with Crippen molar-refractivity contribution in [3.8, 4) is 0 Å². The number of carbonyl (C=O) groups excluding carboxylic acids is 1. The molecular formula is C36H42N2O. The largest absolute Gasteiger partial charge is 0.300 e. The summed E-state index contributed by atoms with van der Waals surface area (Å²) < 4.78 is 0. The van der Waals surface area contributed by atoms with E-state index in [0.717, 1.165) is 65.5 Å². The van der Waals surface area contributed by atoms with Crippen LogP contribution in [0.15, 0.2) is 83.5 Å². The highest BCUT2D eigenvalue weighted by Gasteiger charge is 2.37. The van der Waals surface area contributed by atoms with Gasteiger partial charge in [-0.25, -0.2) is 0 Å². The van der Waals surface area contributed by atoms with Gasteiger partial charge in [-0.2, -0.15) is 0 Å². The summed E-state index contributed by atoms with van der Waals surface area (Å²) in [5.74, 6) is 0.372. The Bertz CT molecular complexity index is 1430.